The molecule has 114 valence electrons. The van der Waals surface area contributed by atoms with Gasteiger partial charge in [-0.2, -0.15) is 0 Å². The molecule has 1 N–H and O–H groups in total. The van der Waals surface area contributed by atoms with Gasteiger partial charge >= 0.3 is 0 Å². The average molecular weight is 288 g/mol. The molecule has 0 aliphatic heterocycles. The van der Waals surface area contributed by atoms with Gasteiger partial charge in [0.05, 0.1) is 0 Å². The van der Waals surface area contributed by atoms with Crippen LogP contribution < -0.4 is 5.32 Å². The van der Waals surface area contributed by atoms with Crippen molar-refractivity contribution < 1.29 is 9.32 Å². The Bertz CT molecular complexity index is 551. The highest BCUT2D eigenvalue weighted by Gasteiger charge is 2.42. The lowest BCUT2D eigenvalue weighted by Crippen LogP contribution is -2.40. The summed E-state index contributed by atoms with van der Waals surface area (Å²) in [6.45, 7) is 2.16. The summed E-state index contributed by atoms with van der Waals surface area (Å²) in [4.78, 5) is 12.5. The van der Waals surface area contributed by atoms with Crippen LogP contribution in [0.3, 0.4) is 0 Å². The Morgan fingerprint density at radius 2 is 2.14 bits per heavy atom. The fourth-order valence-corrected chi connectivity index (χ4v) is 4.85. The molecule has 21 heavy (non-hydrogen) atoms. The van der Waals surface area contributed by atoms with Gasteiger partial charge in [-0.25, -0.2) is 0 Å². The monoisotopic (exact) mass is 288 g/mol. The molecule has 3 aliphatic rings. The van der Waals surface area contributed by atoms with Crippen molar-refractivity contribution in [3.05, 3.63) is 17.0 Å². The molecule has 0 spiro atoms. The molecule has 2 fully saturated rings. The maximum atomic E-state index is 12.5. The summed E-state index contributed by atoms with van der Waals surface area (Å²) in [6.07, 6.45) is 9.57. The molecule has 0 saturated heterocycles. The highest BCUT2D eigenvalue weighted by atomic mass is 16.5. The Labute approximate surface area is 125 Å². The fourth-order valence-electron chi connectivity index (χ4n) is 4.85. The smallest absolute Gasteiger partial charge is 0.273 e. The van der Waals surface area contributed by atoms with Gasteiger partial charge in [0.2, 0.25) is 0 Å². The molecule has 4 heteroatoms. The molecule has 1 heterocycles. The van der Waals surface area contributed by atoms with Crippen molar-refractivity contribution in [2.75, 3.05) is 0 Å². The van der Waals surface area contributed by atoms with Crippen LogP contribution in [0.1, 0.15) is 67.3 Å². The lowest BCUT2D eigenvalue weighted by atomic mass is 9.84. The minimum atomic E-state index is -0.0304. The number of rotatable bonds is 3. The van der Waals surface area contributed by atoms with Crippen molar-refractivity contribution in [1.29, 1.82) is 0 Å². The van der Waals surface area contributed by atoms with Gasteiger partial charge in [0, 0.05) is 18.0 Å². The van der Waals surface area contributed by atoms with Gasteiger partial charge in [-0.15, -0.1) is 0 Å². The number of hydrogen-bond donors (Lipinski definition) is 1. The van der Waals surface area contributed by atoms with Crippen LogP contribution in [-0.2, 0) is 12.8 Å². The second kappa shape index (κ2) is 5.15. The van der Waals surface area contributed by atoms with Crippen molar-refractivity contribution in [3.63, 3.8) is 0 Å². The van der Waals surface area contributed by atoms with Gasteiger partial charge in [0.1, 0.15) is 5.76 Å². The zero-order chi connectivity index (χ0) is 14.4. The predicted octanol–water partition coefficient (Wildman–Crippen LogP) is 3.11. The molecule has 0 aromatic carbocycles. The average Bonchev–Trinajstić information content (AvgIpc) is 3.21. The molecule has 2 saturated carbocycles. The molecular weight excluding hydrogens is 264 g/mol. The van der Waals surface area contributed by atoms with Crippen LogP contribution in [0.4, 0.5) is 0 Å². The standard InChI is InChI=1S/C17H24N2O2/c1-10(14-9-11-6-7-12(14)8-11)18-17(20)16-13-4-2-3-5-15(13)21-19-16/h10-12,14H,2-9H2,1H3,(H,18,20)/t10-,11+,12+,14+/m1/s1. The third kappa shape index (κ3) is 2.29. The fraction of sp³-hybridized carbons (Fsp3) is 0.765. The molecule has 1 aromatic rings. The number of aromatic nitrogens is 1. The van der Waals surface area contributed by atoms with E-state index in [0.717, 1.165) is 48.8 Å². The molecule has 0 unspecified atom stereocenters. The zero-order valence-corrected chi connectivity index (χ0v) is 12.7. The summed E-state index contributed by atoms with van der Waals surface area (Å²) in [5.74, 6) is 3.31. The molecule has 2 bridgehead atoms. The molecule has 0 radical (unpaired) electrons. The summed E-state index contributed by atoms with van der Waals surface area (Å²) in [7, 11) is 0. The van der Waals surface area contributed by atoms with Crippen molar-refractivity contribution in [3.8, 4) is 0 Å². The number of carbonyl (C=O) groups is 1. The third-order valence-electron chi connectivity index (χ3n) is 5.96. The maximum absolute atomic E-state index is 12.5. The first-order chi connectivity index (χ1) is 10.2. The van der Waals surface area contributed by atoms with E-state index in [0.29, 0.717) is 11.6 Å². The summed E-state index contributed by atoms with van der Waals surface area (Å²) < 4.78 is 5.35. The van der Waals surface area contributed by atoms with Gasteiger partial charge in [-0.3, -0.25) is 4.79 Å². The molecule has 1 amide bonds. The van der Waals surface area contributed by atoms with Crippen molar-refractivity contribution in [1.82, 2.24) is 10.5 Å². The van der Waals surface area contributed by atoms with E-state index in [9.17, 15) is 4.79 Å². The normalized spacial score (nSPS) is 32.0. The molecule has 3 aliphatic carbocycles. The van der Waals surface area contributed by atoms with Crippen LogP contribution in [0.5, 0.6) is 0 Å². The van der Waals surface area contributed by atoms with E-state index in [1.807, 2.05) is 0 Å². The van der Waals surface area contributed by atoms with Crippen molar-refractivity contribution in [2.45, 2.75) is 64.3 Å². The van der Waals surface area contributed by atoms with E-state index in [2.05, 4.69) is 17.4 Å². The van der Waals surface area contributed by atoms with Crippen LogP contribution in [0.25, 0.3) is 0 Å². The second-order valence-corrected chi connectivity index (χ2v) is 7.24. The number of nitrogens with zero attached hydrogens (tertiary/aromatic N) is 1. The highest BCUT2D eigenvalue weighted by Crippen LogP contribution is 2.49. The van der Waals surface area contributed by atoms with E-state index >= 15 is 0 Å². The summed E-state index contributed by atoms with van der Waals surface area (Å²) in [5, 5.41) is 7.24. The molecular formula is C17H24N2O2. The number of carbonyl (C=O) groups excluding carboxylic acids is 1. The minimum absolute atomic E-state index is 0.0304. The quantitative estimate of drug-likeness (QED) is 0.929. The van der Waals surface area contributed by atoms with Gasteiger partial charge in [0.25, 0.3) is 5.91 Å². The van der Waals surface area contributed by atoms with Crippen LogP contribution in [0, 0.1) is 17.8 Å². The maximum Gasteiger partial charge on any atom is 0.273 e. The molecule has 4 nitrogen and oxygen atoms in total. The van der Waals surface area contributed by atoms with Crippen LogP contribution in [-0.4, -0.2) is 17.1 Å². The molecule has 4 atom stereocenters. The van der Waals surface area contributed by atoms with E-state index < -0.39 is 0 Å². The van der Waals surface area contributed by atoms with Crippen LogP contribution in [0.2, 0.25) is 0 Å². The number of amides is 1. The summed E-state index contributed by atoms with van der Waals surface area (Å²) in [6, 6.07) is 0.253. The lowest BCUT2D eigenvalue weighted by molar-refractivity contribution is 0.0905. The van der Waals surface area contributed by atoms with E-state index in [4.69, 9.17) is 4.52 Å². The Kier molecular flexibility index (Phi) is 3.27. The Morgan fingerprint density at radius 3 is 2.90 bits per heavy atom. The third-order valence-corrected chi connectivity index (χ3v) is 5.96. The van der Waals surface area contributed by atoms with Gasteiger partial charge in [0.15, 0.2) is 5.69 Å². The van der Waals surface area contributed by atoms with Gasteiger partial charge < -0.3 is 9.84 Å². The first kappa shape index (κ1) is 13.4. The zero-order valence-electron chi connectivity index (χ0n) is 12.7. The molecule has 1 aromatic heterocycles. The number of hydrogen-bond acceptors (Lipinski definition) is 3. The Hall–Kier alpha value is -1.32. The number of nitrogens with one attached hydrogen (secondary N) is 1. The number of fused-ring (bicyclic) bond motifs is 3. The van der Waals surface area contributed by atoms with Crippen molar-refractivity contribution >= 4 is 5.91 Å². The number of aryl methyl sites for hydroxylation is 1. The van der Waals surface area contributed by atoms with Gasteiger partial charge in [-0.05, 0) is 63.2 Å². The second-order valence-electron chi connectivity index (χ2n) is 7.24. The predicted molar refractivity (Wildman–Crippen MR) is 79.0 cm³/mol. The van der Waals surface area contributed by atoms with E-state index in [1.165, 1.54) is 25.7 Å². The van der Waals surface area contributed by atoms with E-state index in [-0.39, 0.29) is 11.9 Å². The summed E-state index contributed by atoms with van der Waals surface area (Å²) in [5.41, 5.74) is 1.60. The first-order valence-corrected chi connectivity index (χ1v) is 8.50. The Balaban J connectivity index is 1.45. The largest absolute Gasteiger partial charge is 0.360 e. The SMILES string of the molecule is C[C@@H](NC(=O)c1noc2c1CCCC2)[C@@H]1C[C@H]2CC[C@H]1C2. The van der Waals surface area contributed by atoms with Gasteiger partial charge in [-0.1, -0.05) is 11.6 Å². The van der Waals surface area contributed by atoms with Crippen LogP contribution >= 0.6 is 0 Å². The topological polar surface area (TPSA) is 55.1 Å². The van der Waals surface area contributed by atoms with Crippen LogP contribution in [0.15, 0.2) is 4.52 Å². The van der Waals surface area contributed by atoms with Crippen molar-refractivity contribution in [2.24, 2.45) is 17.8 Å². The minimum Gasteiger partial charge on any atom is -0.360 e. The summed E-state index contributed by atoms with van der Waals surface area (Å²) >= 11 is 0. The molecule has 4 rings (SSSR count). The highest BCUT2D eigenvalue weighted by molar-refractivity contribution is 5.94. The van der Waals surface area contributed by atoms with E-state index in [1.54, 1.807) is 0 Å². The lowest BCUT2D eigenvalue weighted by Gasteiger charge is -2.28. The first-order valence-electron chi connectivity index (χ1n) is 8.50. The Morgan fingerprint density at radius 1 is 1.29 bits per heavy atom.